The van der Waals surface area contributed by atoms with Crippen molar-refractivity contribution in [1.29, 1.82) is 0 Å². The number of ketones is 2. The predicted octanol–water partition coefficient (Wildman–Crippen LogP) is 1.63. The van der Waals surface area contributed by atoms with E-state index in [0.717, 1.165) is 12.3 Å². The van der Waals surface area contributed by atoms with Crippen LogP contribution in [0.3, 0.4) is 0 Å². The highest BCUT2D eigenvalue weighted by Crippen LogP contribution is 2.11. The molecule has 0 bridgehead atoms. The number of alkyl halides is 3. The molecule has 1 heterocycles. The first-order valence-corrected chi connectivity index (χ1v) is 3.57. The van der Waals surface area contributed by atoms with Crippen LogP contribution in [-0.4, -0.2) is 24.2 Å². The molecule has 0 saturated heterocycles. The van der Waals surface area contributed by atoms with E-state index in [4.69, 9.17) is 0 Å². The SMILES string of the molecule is O=C(c1ccco1)C(F)C(=O)C(F)F. The maximum atomic E-state index is 12.8. The topological polar surface area (TPSA) is 47.3 Å². The lowest BCUT2D eigenvalue weighted by molar-refractivity contribution is -0.132. The monoisotopic (exact) mass is 206 g/mol. The van der Waals surface area contributed by atoms with Gasteiger partial charge in [-0.25, -0.2) is 13.2 Å². The minimum atomic E-state index is -3.50. The van der Waals surface area contributed by atoms with E-state index in [1.54, 1.807) is 0 Å². The quantitative estimate of drug-likeness (QED) is 0.555. The summed E-state index contributed by atoms with van der Waals surface area (Å²) in [7, 11) is 0. The van der Waals surface area contributed by atoms with E-state index in [1.165, 1.54) is 6.07 Å². The van der Waals surface area contributed by atoms with Gasteiger partial charge in [-0.05, 0) is 12.1 Å². The lowest BCUT2D eigenvalue weighted by Crippen LogP contribution is -2.30. The normalized spacial score (nSPS) is 12.9. The van der Waals surface area contributed by atoms with Crippen LogP contribution in [0.2, 0.25) is 0 Å². The Kier molecular flexibility index (Phi) is 3.06. The van der Waals surface area contributed by atoms with E-state index < -0.39 is 29.9 Å². The summed E-state index contributed by atoms with van der Waals surface area (Å²) in [6.07, 6.45) is -5.28. The van der Waals surface area contributed by atoms with Crippen molar-refractivity contribution in [3.8, 4) is 0 Å². The molecule has 0 fully saturated rings. The second kappa shape index (κ2) is 4.08. The Balaban J connectivity index is 2.76. The number of rotatable bonds is 4. The number of carbonyl (C=O) groups is 2. The van der Waals surface area contributed by atoms with Crippen LogP contribution in [0.1, 0.15) is 10.6 Å². The molecule has 0 amide bonds. The molecular weight excluding hydrogens is 201 g/mol. The van der Waals surface area contributed by atoms with Gasteiger partial charge in [-0.2, -0.15) is 0 Å². The lowest BCUT2D eigenvalue weighted by Gasteiger charge is -2.02. The maximum absolute atomic E-state index is 12.8. The Morgan fingerprint density at radius 1 is 1.29 bits per heavy atom. The van der Waals surface area contributed by atoms with Crippen LogP contribution >= 0.6 is 0 Å². The Bertz CT molecular complexity index is 332. The number of halogens is 3. The summed E-state index contributed by atoms with van der Waals surface area (Å²) in [6.45, 7) is 0. The van der Waals surface area contributed by atoms with Crippen LogP contribution < -0.4 is 0 Å². The largest absolute Gasteiger partial charge is 0.461 e. The molecule has 0 N–H and O–H groups in total. The van der Waals surface area contributed by atoms with Crippen molar-refractivity contribution in [2.75, 3.05) is 0 Å². The van der Waals surface area contributed by atoms with Gasteiger partial charge in [0.05, 0.1) is 6.26 Å². The summed E-state index contributed by atoms with van der Waals surface area (Å²) < 4.78 is 40.6. The van der Waals surface area contributed by atoms with E-state index in [-0.39, 0.29) is 0 Å². The number of furan rings is 1. The molecule has 14 heavy (non-hydrogen) atoms. The minimum absolute atomic E-state index is 0.452. The molecule has 0 saturated carbocycles. The molecule has 1 atom stereocenters. The standard InChI is InChI=1S/C8H5F3O3/c9-5(7(13)8(10)11)6(12)4-2-1-3-14-4/h1-3,5,8H. The molecule has 0 aliphatic heterocycles. The van der Waals surface area contributed by atoms with Crippen molar-refractivity contribution in [1.82, 2.24) is 0 Å². The number of hydrogen-bond donors (Lipinski definition) is 0. The Hall–Kier alpha value is -1.59. The van der Waals surface area contributed by atoms with Gasteiger partial charge >= 0.3 is 0 Å². The molecule has 0 aliphatic rings. The second-order valence-corrected chi connectivity index (χ2v) is 2.41. The summed E-state index contributed by atoms with van der Waals surface area (Å²) in [5.41, 5.74) is 0. The lowest BCUT2D eigenvalue weighted by atomic mass is 10.1. The van der Waals surface area contributed by atoms with Crippen molar-refractivity contribution in [3.63, 3.8) is 0 Å². The Morgan fingerprint density at radius 2 is 1.93 bits per heavy atom. The first kappa shape index (κ1) is 10.5. The molecule has 0 aliphatic carbocycles. The van der Waals surface area contributed by atoms with E-state index in [1.807, 2.05) is 0 Å². The van der Waals surface area contributed by atoms with Gasteiger partial charge in [0.15, 0.2) is 5.76 Å². The number of hydrogen-bond acceptors (Lipinski definition) is 3. The van der Waals surface area contributed by atoms with Gasteiger partial charge in [0.1, 0.15) is 0 Å². The van der Waals surface area contributed by atoms with Crippen molar-refractivity contribution < 1.29 is 27.2 Å². The third kappa shape index (κ3) is 2.01. The summed E-state index contributed by atoms with van der Waals surface area (Å²) in [6, 6.07) is 2.38. The average Bonchev–Trinajstić information content (AvgIpc) is 2.67. The number of carbonyl (C=O) groups excluding carboxylic acids is 2. The second-order valence-electron chi connectivity index (χ2n) is 2.41. The molecule has 1 unspecified atom stereocenters. The minimum Gasteiger partial charge on any atom is -0.461 e. The van der Waals surface area contributed by atoms with E-state index in [2.05, 4.69) is 4.42 Å². The summed E-state index contributed by atoms with van der Waals surface area (Å²) in [4.78, 5) is 21.3. The van der Waals surface area contributed by atoms with Crippen LogP contribution in [0.4, 0.5) is 13.2 Å². The smallest absolute Gasteiger partial charge is 0.299 e. The van der Waals surface area contributed by atoms with Crippen LogP contribution in [0.5, 0.6) is 0 Å². The molecule has 1 aromatic heterocycles. The molecule has 3 nitrogen and oxygen atoms in total. The zero-order chi connectivity index (χ0) is 10.7. The fourth-order valence-electron chi connectivity index (χ4n) is 0.783. The highest BCUT2D eigenvalue weighted by molar-refractivity contribution is 6.12. The zero-order valence-electron chi connectivity index (χ0n) is 6.75. The van der Waals surface area contributed by atoms with E-state index >= 15 is 0 Å². The van der Waals surface area contributed by atoms with Crippen LogP contribution in [0, 0.1) is 0 Å². The van der Waals surface area contributed by atoms with Gasteiger partial charge in [0.2, 0.25) is 17.7 Å². The van der Waals surface area contributed by atoms with Crippen LogP contribution in [0.25, 0.3) is 0 Å². The van der Waals surface area contributed by atoms with Crippen LogP contribution in [0.15, 0.2) is 22.8 Å². The first-order valence-electron chi connectivity index (χ1n) is 3.57. The third-order valence-corrected chi connectivity index (χ3v) is 1.46. The summed E-state index contributed by atoms with van der Waals surface area (Å²) in [5.74, 6) is -3.89. The highest BCUT2D eigenvalue weighted by Gasteiger charge is 2.34. The Morgan fingerprint density at radius 3 is 2.36 bits per heavy atom. The zero-order valence-corrected chi connectivity index (χ0v) is 6.75. The molecule has 1 rings (SSSR count). The van der Waals surface area contributed by atoms with Crippen molar-refractivity contribution in [2.24, 2.45) is 0 Å². The predicted molar refractivity (Wildman–Crippen MR) is 38.9 cm³/mol. The molecular formula is C8H5F3O3. The van der Waals surface area contributed by atoms with Gasteiger partial charge in [0, 0.05) is 0 Å². The van der Waals surface area contributed by atoms with Gasteiger partial charge in [-0.1, -0.05) is 0 Å². The van der Waals surface area contributed by atoms with E-state index in [0.29, 0.717) is 0 Å². The Labute approximate surface area is 76.5 Å². The number of Topliss-reactive ketones (excluding diaryl/α,β-unsaturated/α-hetero) is 2. The first-order chi connectivity index (χ1) is 6.54. The molecule has 6 heteroatoms. The fourth-order valence-corrected chi connectivity index (χ4v) is 0.783. The molecule has 76 valence electrons. The van der Waals surface area contributed by atoms with Crippen LogP contribution in [-0.2, 0) is 4.79 Å². The van der Waals surface area contributed by atoms with E-state index in [9.17, 15) is 22.8 Å². The molecule has 1 aromatic rings. The summed E-state index contributed by atoms with van der Waals surface area (Å²) >= 11 is 0. The maximum Gasteiger partial charge on any atom is 0.299 e. The van der Waals surface area contributed by atoms with Gasteiger partial charge in [0.25, 0.3) is 6.43 Å². The van der Waals surface area contributed by atoms with Crippen molar-refractivity contribution in [2.45, 2.75) is 12.6 Å². The molecule has 0 radical (unpaired) electrons. The molecule has 0 spiro atoms. The van der Waals surface area contributed by atoms with Crippen molar-refractivity contribution >= 4 is 11.6 Å². The third-order valence-electron chi connectivity index (χ3n) is 1.46. The van der Waals surface area contributed by atoms with Crippen molar-refractivity contribution in [3.05, 3.63) is 24.2 Å². The highest BCUT2D eigenvalue weighted by atomic mass is 19.3. The van der Waals surface area contributed by atoms with Gasteiger partial charge in [-0.3, -0.25) is 9.59 Å². The summed E-state index contributed by atoms with van der Waals surface area (Å²) in [5, 5.41) is 0. The molecule has 0 aromatic carbocycles. The van der Waals surface area contributed by atoms with Gasteiger partial charge in [-0.15, -0.1) is 0 Å². The average molecular weight is 206 g/mol. The van der Waals surface area contributed by atoms with Gasteiger partial charge < -0.3 is 4.42 Å². The fraction of sp³-hybridized carbons (Fsp3) is 0.250.